The van der Waals surface area contributed by atoms with Gasteiger partial charge in [0.15, 0.2) is 6.61 Å². The molecule has 0 spiro atoms. The van der Waals surface area contributed by atoms with E-state index in [1.54, 1.807) is 0 Å². The number of aryl methyl sites for hydroxylation is 2. The van der Waals surface area contributed by atoms with Gasteiger partial charge in [0.05, 0.1) is 5.75 Å². The van der Waals surface area contributed by atoms with Crippen LogP contribution in [0.1, 0.15) is 22.6 Å². The highest BCUT2D eigenvalue weighted by molar-refractivity contribution is 9.10. The van der Waals surface area contributed by atoms with Gasteiger partial charge >= 0.3 is 0 Å². The van der Waals surface area contributed by atoms with Crippen LogP contribution >= 0.6 is 27.7 Å². The molecule has 1 heterocycles. The number of hydrogen-bond acceptors (Lipinski definition) is 6. The summed E-state index contributed by atoms with van der Waals surface area (Å²) in [4.78, 5) is 12.2. The van der Waals surface area contributed by atoms with E-state index in [4.69, 9.17) is 9.15 Å². The van der Waals surface area contributed by atoms with E-state index in [1.165, 1.54) is 11.8 Å². The maximum Gasteiger partial charge on any atom is 0.277 e. The maximum atomic E-state index is 12.2. The zero-order valence-electron chi connectivity index (χ0n) is 15.8. The molecular formula is C20H20BrN3O3S. The van der Waals surface area contributed by atoms with E-state index in [-0.39, 0.29) is 18.3 Å². The first-order valence-corrected chi connectivity index (χ1v) is 10.4. The van der Waals surface area contributed by atoms with E-state index >= 15 is 0 Å². The van der Waals surface area contributed by atoms with Crippen LogP contribution < -0.4 is 10.1 Å². The minimum Gasteiger partial charge on any atom is -0.484 e. The fourth-order valence-corrected chi connectivity index (χ4v) is 3.51. The number of ether oxygens (including phenoxy) is 1. The van der Waals surface area contributed by atoms with Crippen molar-refractivity contribution in [1.29, 1.82) is 0 Å². The highest BCUT2D eigenvalue weighted by Crippen LogP contribution is 2.23. The summed E-state index contributed by atoms with van der Waals surface area (Å²) in [6, 6.07) is 11.6. The highest BCUT2D eigenvalue weighted by Gasteiger charge is 2.12. The van der Waals surface area contributed by atoms with Crippen molar-refractivity contribution in [3.63, 3.8) is 0 Å². The van der Waals surface area contributed by atoms with Crippen molar-refractivity contribution in [3.05, 3.63) is 63.5 Å². The molecule has 3 aromatic rings. The molecule has 6 nitrogen and oxygen atoms in total. The molecule has 0 aliphatic heterocycles. The molecule has 0 saturated heterocycles. The number of rotatable bonds is 7. The average molecular weight is 462 g/mol. The number of anilines is 1. The van der Waals surface area contributed by atoms with Crippen LogP contribution in [0.5, 0.6) is 5.75 Å². The third kappa shape index (κ3) is 5.36. The minimum atomic E-state index is -0.137. The molecule has 0 atom stereocenters. The first kappa shape index (κ1) is 20.4. The van der Waals surface area contributed by atoms with Crippen molar-refractivity contribution in [1.82, 2.24) is 10.2 Å². The molecule has 0 unspecified atom stereocenters. The van der Waals surface area contributed by atoms with Gasteiger partial charge in [-0.2, -0.15) is 0 Å². The zero-order valence-corrected chi connectivity index (χ0v) is 18.2. The summed E-state index contributed by atoms with van der Waals surface area (Å²) in [5.74, 6) is 1.20. The van der Waals surface area contributed by atoms with Crippen molar-refractivity contribution in [2.24, 2.45) is 0 Å². The van der Waals surface area contributed by atoms with E-state index in [1.807, 2.05) is 57.2 Å². The van der Waals surface area contributed by atoms with E-state index in [0.717, 1.165) is 32.6 Å². The lowest BCUT2D eigenvalue weighted by Gasteiger charge is -2.08. The highest BCUT2D eigenvalue weighted by atomic mass is 79.9. The molecule has 2 aromatic carbocycles. The first-order chi connectivity index (χ1) is 13.4. The number of halogens is 1. The standard InChI is InChI=1S/C20H20BrN3O3S/c1-12-5-4-6-17(14(12)3)26-10-19-23-24-20(27-19)28-11-18(25)22-16-8-7-15(21)9-13(16)2/h4-9H,10-11H2,1-3H3,(H,22,25). The summed E-state index contributed by atoms with van der Waals surface area (Å²) in [6.45, 7) is 6.16. The van der Waals surface area contributed by atoms with Crippen LogP contribution in [-0.2, 0) is 11.4 Å². The lowest BCUT2D eigenvalue weighted by molar-refractivity contribution is -0.113. The Kier molecular flexibility index (Phi) is 6.74. The fourth-order valence-electron chi connectivity index (χ4n) is 2.46. The van der Waals surface area contributed by atoms with E-state index in [2.05, 4.69) is 31.4 Å². The number of benzene rings is 2. The third-order valence-electron chi connectivity index (χ3n) is 4.14. The molecule has 0 bridgehead atoms. The number of carbonyl (C=O) groups is 1. The number of nitrogens with zero attached hydrogens (tertiary/aromatic N) is 2. The van der Waals surface area contributed by atoms with Gasteiger partial charge in [-0.05, 0) is 61.7 Å². The molecule has 0 fully saturated rings. The molecule has 1 aromatic heterocycles. The normalized spacial score (nSPS) is 10.7. The zero-order chi connectivity index (χ0) is 20.1. The number of aromatic nitrogens is 2. The summed E-state index contributed by atoms with van der Waals surface area (Å²) >= 11 is 4.59. The smallest absolute Gasteiger partial charge is 0.277 e. The average Bonchev–Trinajstić information content (AvgIpc) is 3.11. The SMILES string of the molecule is Cc1cc(Br)ccc1NC(=O)CSc1nnc(COc2cccc(C)c2C)o1. The molecule has 1 N–H and O–H groups in total. The molecule has 146 valence electrons. The number of carbonyl (C=O) groups excluding carboxylic acids is 1. The molecular weight excluding hydrogens is 442 g/mol. The lowest BCUT2D eigenvalue weighted by Crippen LogP contribution is -2.14. The third-order valence-corrected chi connectivity index (χ3v) is 5.46. The van der Waals surface area contributed by atoms with Gasteiger partial charge in [-0.3, -0.25) is 4.79 Å². The fraction of sp³-hybridized carbons (Fsp3) is 0.250. The Morgan fingerprint density at radius 2 is 2.00 bits per heavy atom. The van der Waals surface area contributed by atoms with Gasteiger partial charge in [0, 0.05) is 10.2 Å². The van der Waals surface area contributed by atoms with Crippen LogP contribution in [0.4, 0.5) is 5.69 Å². The van der Waals surface area contributed by atoms with Gasteiger partial charge in [-0.25, -0.2) is 0 Å². The van der Waals surface area contributed by atoms with Crippen molar-refractivity contribution >= 4 is 39.3 Å². The van der Waals surface area contributed by atoms with Gasteiger partial charge in [0.2, 0.25) is 5.91 Å². The summed E-state index contributed by atoms with van der Waals surface area (Å²) in [5, 5.41) is 11.1. The summed E-state index contributed by atoms with van der Waals surface area (Å²) in [7, 11) is 0. The largest absolute Gasteiger partial charge is 0.484 e. The van der Waals surface area contributed by atoms with Crippen molar-refractivity contribution in [2.45, 2.75) is 32.6 Å². The summed E-state index contributed by atoms with van der Waals surface area (Å²) in [6.07, 6.45) is 0. The second kappa shape index (κ2) is 9.25. The molecule has 1 amide bonds. The molecule has 3 rings (SSSR count). The van der Waals surface area contributed by atoms with E-state index < -0.39 is 0 Å². The van der Waals surface area contributed by atoms with Crippen molar-refractivity contribution in [3.8, 4) is 5.75 Å². The Labute approximate surface area is 176 Å². The second-order valence-corrected chi connectivity index (χ2v) is 8.09. The molecule has 0 aliphatic rings. The lowest BCUT2D eigenvalue weighted by atomic mass is 10.1. The summed E-state index contributed by atoms with van der Waals surface area (Å²) in [5.41, 5.74) is 4.00. The Morgan fingerprint density at radius 3 is 2.79 bits per heavy atom. The Hall–Kier alpha value is -2.32. The van der Waals surface area contributed by atoms with Crippen LogP contribution in [-0.4, -0.2) is 21.9 Å². The van der Waals surface area contributed by atoms with Crippen LogP contribution in [0, 0.1) is 20.8 Å². The number of nitrogens with one attached hydrogen (secondary N) is 1. The van der Waals surface area contributed by atoms with Gasteiger partial charge in [0.1, 0.15) is 5.75 Å². The molecule has 0 saturated carbocycles. The first-order valence-electron chi connectivity index (χ1n) is 8.62. The van der Waals surface area contributed by atoms with Crippen LogP contribution in [0.2, 0.25) is 0 Å². The Balaban J connectivity index is 1.50. The Bertz CT molecular complexity index is 991. The van der Waals surface area contributed by atoms with Gasteiger partial charge in [-0.1, -0.05) is 39.8 Å². The van der Waals surface area contributed by atoms with Gasteiger partial charge in [-0.15, -0.1) is 10.2 Å². The van der Waals surface area contributed by atoms with Gasteiger partial charge in [0.25, 0.3) is 11.1 Å². The topological polar surface area (TPSA) is 77.2 Å². The minimum absolute atomic E-state index is 0.137. The molecule has 0 aliphatic carbocycles. The van der Waals surface area contributed by atoms with Crippen LogP contribution in [0.15, 0.2) is 50.5 Å². The molecule has 0 radical (unpaired) electrons. The number of hydrogen-bond donors (Lipinski definition) is 1. The predicted molar refractivity (Wildman–Crippen MR) is 113 cm³/mol. The summed E-state index contributed by atoms with van der Waals surface area (Å²) < 4.78 is 12.3. The Morgan fingerprint density at radius 1 is 1.18 bits per heavy atom. The van der Waals surface area contributed by atoms with Gasteiger partial charge < -0.3 is 14.5 Å². The van der Waals surface area contributed by atoms with Crippen LogP contribution in [0.3, 0.4) is 0 Å². The van der Waals surface area contributed by atoms with E-state index in [0.29, 0.717) is 11.1 Å². The molecule has 8 heteroatoms. The molecule has 28 heavy (non-hydrogen) atoms. The quantitative estimate of drug-likeness (QED) is 0.495. The number of amides is 1. The van der Waals surface area contributed by atoms with Crippen molar-refractivity contribution < 1.29 is 13.9 Å². The maximum absolute atomic E-state index is 12.2. The monoisotopic (exact) mass is 461 g/mol. The van der Waals surface area contributed by atoms with Crippen LogP contribution in [0.25, 0.3) is 0 Å². The predicted octanol–water partition coefficient (Wildman–Crippen LogP) is 5.07. The van der Waals surface area contributed by atoms with E-state index in [9.17, 15) is 4.79 Å². The van der Waals surface area contributed by atoms with Crippen molar-refractivity contribution in [2.75, 3.05) is 11.1 Å². The second-order valence-electron chi connectivity index (χ2n) is 6.24. The number of thioether (sulfide) groups is 1.